The molecule has 1 heterocycles. The van der Waals surface area contributed by atoms with Gasteiger partial charge in [0.25, 0.3) is 5.91 Å². The average Bonchev–Trinajstić information content (AvgIpc) is 2.49. The van der Waals surface area contributed by atoms with Crippen molar-refractivity contribution in [2.24, 2.45) is 0 Å². The molecule has 102 valence electrons. The SMILES string of the molecule is O=C(Nc1ccc(F)cc1)c1ccc2c(c1)OCCO2. The van der Waals surface area contributed by atoms with Crippen LogP contribution in [0.1, 0.15) is 10.4 Å². The maximum atomic E-state index is 12.8. The molecule has 0 aliphatic carbocycles. The van der Waals surface area contributed by atoms with E-state index in [-0.39, 0.29) is 11.7 Å². The quantitative estimate of drug-likeness (QED) is 0.915. The third-order valence-corrected chi connectivity index (χ3v) is 2.91. The van der Waals surface area contributed by atoms with E-state index < -0.39 is 0 Å². The van der Waals surface area contributed by atoms with E-state index in [0.29, 0.717) is 36.0 Å². The molecule has 0 atom stereocenters. The zero-order chi connectivity index (χ0) is 13.9. The average molecular weight is 273 g/mol. The van der Waals surface area contributed by atoms with Crippen molar-refractivity contribution < 1.29 is 18.7 Å². The molecule has 20 heavy (non-hydrogen) atoms. The molecule has 4 nitrogen and oxygen atoms in total. The van der Waals surface area contributed by atoms with Crippen molar-refractivity contribution in [3.05, 3.63) is 53.8 Å². The lowest BCUT2D eigenvalue weighted by Gasteiger charge is -2.18. The monoisotopic (exact) mass is 273 g/mol. The van der Waals surface area contributed by atoms with E-state index in [2.05, 4.69) is 5.32 Å². The molecule has 1 aliphatic rings. The minimum atomic E-state index is -0.345. The second kappa shape index (κ2) is 5.21. The van der Waals surface area contributed by atoms with Gasteiger partial charge in [-0.25, -0.2) is 4.39 Å². The maximum Gasteiger partial charge on any atom is 0.255 e. The summed E-state index contributed by atoms with van der Waals surface area (Å²) in [6.45, 7) is 0.976. The highest BCUT2D eigenvalue weighted by atomic mass is 19.1. The first kappa shape index (κ1) is 12.5. The van der Waals surface area contributed by atoms with E-state index in [1.165, 1.54) is 24.3 Å². The van der Waals surface area contributed by atoms with E-state index >= 15 is 0 Å². The molecule has 1 N–H and O–H groups in total. The number of amides is 1. The fourth-order valence-electron chi connectivity index (χ4n) is 1.92. The smallest absolute Gasteiger partial charge is 0.255 e. The van der Waals surface area contributed by atoms with Gasteiger partial charge in [0.2, 0.25) is 0 Å². The molecule has 3 rings (SSSR count). The summed E-state index contributed by atoms with van der Waals surface area (Å²) in [5, 5.41) is 2.69. The van der Waals surface area contributed by atoms with Gasteiger partial charge in [-0.3, -0.25) is 4.79 Å². The molecular formula is C15H12FNO3. The Bertz CT molecular complexity index is 640. The molecule has 0 saturated heterocycles. The summed E-state index contributed by atoms with van der Waals surface area (Å²) in [7, 11) is 0. The number of rotatable bonds is 2. The van der Waals surface area contributed by atoms with E-state index in [4.69, 9.17) is 9.47 Å². The lowest BCUT2D eigenvalue weighted by molar-refractivity contribution is 0.102. The number of fused-ring (bicyclic) bond motifs is 1. The highest BCUT2D eigenvalue weighted by Gasteiger charge is 2.15. The Kier molecular flexibility index (Phi) is 3.25. The number of anilines is 1. The number of carbonyl (C=O) groups excluding carboxylic acids is 1. The van der Waals surface area contributed by atoms with Crippen molar-refractivity contribution in [2.45, 2.75) is 0 Å². The lowest BCUT2D eigenvalue weighted by atomic mass is 10.1. The van der Waals surface area contributed by atoms with Crippen LogP contribution in [0, 0.1) is 5.82 Å². The van der Waals surface area contributed by atoms with Gasteiger partial charge >= 0.3 is 0 Å². The van der Waals surface area contributed by atoms with Gasteiger partial charge in [0.15, 0.2) is 11.5 Å². The summed E-state index contributed by atoms with van der Waals surface area (Å²) in [5.74, 6) is 0.563. The summed E-state index contributed by atoms with van der Waals surface area (Å²) in [5.41, 5.74) is 0.991. The van der Waals surface area contributed by atoms with Crippen LogP contribution in [0.25, 0.3) is 0 Å². The topological polar surface area (TPSA) is 47.6 Å². The van der Waals surface area contributed by atoms with E-state index in [1.807, 2.05) is 0 Å². The van der Waals surface area contributed by atoms with Crippen molar-refractivity contribution in [2.75, 3.05) is 18.5 Å². The van der Waals surface area contributed by atoms with Gasteiger partial charge in [0.05, 0.1) is 0 Å². The van der Waals surface area contributed by atoms with Gasteiger partial charge in [-0.1, -0.05) is 0 Å². The first-order valence-corrected chi connectivity index (χ1v) is 6.19. The Hall–Kier alpha value is -2.56. The van der Waals surface area contributed by atoms with Crippen molar-refractivity contribution in [1.82, 2.24) is 0 Å². The Morgan fingerprint density at radius 3 is 2.45 bits per heavy atom. The van der Waals surface area contributed by atoms with E-state index in [0.717, 1.165) is 0 Å². The van der Waals surface area contributed by atoms with Crippen LogP contribution in [-0.2, 0) is 0 Å². The van der Waals surface area contributed by atoms with Gasteiger partial charge in [0.1, 0.15) is 19.0 Å². The van der Waals surface area contributed by atoms with Crippen LogP contribution in [0.3, 0.4) is 0 Å². The van der Waals surface area contributed by atoms with Gasteiger partial charge in [-0.05, 0) is 42.5 Å². The molecule has 0 unspecified atom stereocenters. The number of halogens is 1. The van der Waals surface area contributed by atoms with Crippen LogP contribution in [-0.4, -0.2) is 19.1 Å². The van der Waals surface area contributed by atoms with Crippen LogP contribution in [0.15, 0.2) is 42.5 Å². The van der Waals surface area contributed by atoms with Crippen LogP contribution in [0.4, 0.5) is 10.1 Å². The van der Waals surface area contributed by atoms with Crippen molar-refractivity contribution in [3.8, 4) is 11.5 Å². The van der Waals surface area contributed by atoms with Gasteiger partial charge < -0.3 is 14.8 Å². The molecule has 0 bridgehead atoms. The van der Waals surface area contributed by atoms with Gasteiger partial charge in [0, 0.05) is 11.3 Å². The van der Waals surface area contributed by atoms with Crippen molar-refractivity contribution in [1.29, 1.82) is 0 Å². The Morgan fingerprint density at radius 2 is 1.70 bits per heavy atom. The zero-order valence-electron chi connectivity index (χ0n) is 10.6. The number of hydrogen-bond acceptors (Lipinski definition) is 3. The summed E-state index contributed by atoms with van der Waals surface area (Å²) in [6, 6.07) is 10.6. The minimum absolute atomic E-state index is 0.284. The van der Waals surface area contributed by atoms with E-state index in [1.54, 1.807) is 18.2 Å². The fourth-order valence-corrected chi connectivity index (χ4v) is 1.92. The largest absolute Gasteiger partial charge is 0.486 e. The third kappa shape index (κ3) is 2.56. The molecule has 1 amide bonds. The first-order chi connectivity index (χ1) is 9.72. The number of carbonyl (C=O) groups is 1. The standard InChI is InChI=1S/C15H12FNO3/c16-11-2-4-12(5-3-11)17-15(18)10-1-6-13-14(9-10)20-8-7-19-13/h1-6,9H,7-8H2,(H,17,18). The molecule has 0 saturated carbocycles. The summed E-state index contributed by atoms with van der Waals surface area (Å²) in [6.07, 6.45) is 0. The van der Waals surface area contributed by atoms with Crippen LogP contribution >= 0.6 is 0 Å². The van der Waals surface area contributed by atoms with Crippen molar-refractivity contribution in [3.63, 3.8) is 0 Å². The summed E-state index contributed by atoms with van der Waals surface area (Å²) in [4.78, 5) is 12.1. The predicted octanol–water partition coefficient (Wildman–Crippen LogP) is 2.85. The molecular weight excluding hydrogens is 261 g/mol. The molecule has 1 aliphatic heterocycles. The van der Waals surface area contributed by atoms with Crippen LogP contribution < -0.4 is 14.8 Å². The second-order valence-corrected chi connectivity index (χ2v) is 4.32. The summed E-state index contributed by atoms with van der Waals surface area (Å²) >= 11 is 0. The Labute approximate surface area is 115 Å². The fraction of sp³-hybridized carbons (Fsp3) is 0.133. The Morgan fingerprint density at radius 1 is 1.00 bits per heavy atom. The molecule has 2 aromatic rings. The summed E-state index contributed by atoms with van der Waals surface area (Å²) < 4.78 is 23.6. The second-order valence-electron chi connectivity index (χ2n) is 4.32. The number of nitrogens with one attached hydrogen (secondary N) is 1. The molecule has 0 spiro atoms. The Balaban J connectivity index is 1.78. The molecule has 2 aromatic carbocycles. The maximum absolute atomic E-state index is 12.8. The number of benzene rings is 2. The van der Waals surface area contributed by atoms with Crippen molar-refractivity contribution >= 4 is 11.6 Å². The number of ether oxygens (including phenoxy) is 2. The molecule has 0 fully saturated rings. The van der Waals surface area contributed by atoms with Gasteiger partial charge in [-0.15, -0.1) is 0 Å². The number of hydrogen-bond donors (Lipinski definition) is 1. The predicted molar refractivity (Wildman–Crippen MR) is 71.8 cm³/mol. The highest BCUT2D eigenvalue weighted by Crippen LogP contribution is 2.30. The molecule has 0 radical (unpaired) electrons. The van der Waals surface area contributed by atoms with E-state index in [9.17, 15) is 9.18 Å². The lowest BCUT2D eigenvalue weighted by Crippen LogP contribution is -2.17. The van der Waals surface area contributed by atoms with Crippen LogP contribution in [0.5, 0.6) is 11.5 Å². The normalized spacial score (nSPS) is 12.8. The first-order valence-electron chi connectivity index (χ1n) is 6.19. The molecule has 5 heteroatoms. The van der Waals surface area contributed by atoms with Gasteiger partial charge in [-0.2, -0.15) is 0 Å². The van der Waals surface area contributed by atoms with Crippen LogP contribution in [0.2, 0.25) is 0 Å². The molecule has 0 aromatic heterocycles. The third-order valence-electron chi connectivity index (χ3n) is 2.91. The zero-order valence-corrected chi connectivity index (χ0v) is 10.6. The highest BCUT2D eigenvalue weighted by molar-refractivity contribution is 6.04. The minimum Gasteiger partial charge on any atom is -0.486 e.